The summed E-state index contributed by atoms with van der Waals surface area (Å²) >= 11 is 5.92. The largest absolute Gasteiger partial charge is 0.368 e. The van der Waals surface area contributed by atoms with E-state index in [9.17, 15) is 14.4 Å². The summed E-state index contributed by atoms with van der Waals surface area (Å²) in [5.41, 5.74) is 2.53. The van der Waals surface area contributed by atoms with Crippen molar-refractivity contribution >= 4 is 40.7 Å². The third kappa shape index (κ3) is 4.82. The fraction of sp³-hybridized carbons (Fsp3) is 0.348. The summed E-state index contributed by atoms with van der Waals surface area (Å²) in [5.74, 6) is 0.0412. The summed E-state index contributed by atoms with van der Waals surface area (Å²) in [4.78, 5) is 42.2. The zero-order chi connectivity index (χ0) is 22.0. The van der Waals surface area contributed by atoms with Gasteiger partial charge in [-0.2, -0.15) is 0 Å². The van der Waals surface area contributed by atoms with Crippen molar-refractivity contribution < 1.29 is 14.4 Å². The van der Waals surface area contributed by atoms with Crippen molar-refractivity contribution in [3.05, 3.63) is 59.1 Å². The summed E-state index contributed by atoms with van der Waals surface area (Å²) in [7, 11) is 0. The summed E-state index contributed by atoms with van der Waals surface area (Å²) in [5, 5.41) is 3.63. The molecule has 0 saturated carbocycles. The third-order valence-corrected chi connectivity index (χ3v) is 6.05. The normalized spacial score (nSPS) is 19.0. The van der Waals surface area contributed by atoms with E-state index < -0.39 is 0 Å². The number of Topliss-reactive ketones (excluding diaryl/α,β-unsaturated/α-hetero) is 1. The van der Waals surface area contributed by atoms with Crippen LogP contribution in [0.4, 0.5) is 16.2 Å². The van der Waals surface area contributed by atoms with Crippen molar-refractivity contribution in [2.75, 3.05) is 42.5 Å². The number of piperazine rings is 1. The van der Waals surface area contributed by atoms with Crippen molar-refractivity contribution in [3.8, 4) is 0 Å². The fourth-order valence-electron chi connectivity index (χ4n) is 4.02. The Labute approximate surface area is 186 Å². The van der Waals surface area contributed by atoms with Crippen molar-refractivity contribution in [3.63, 3.8) is 0 Å². The lowest BCUT2D eigenvalue weighted by Gasteiger charge is -2.36. The smallest absolute Gasteiger partial charge is 0.317 e. The summed E-state index contributed by atoms with van der Waals surface area (Å²) < 4.78 is 0. The Balaban J connectivity index is 1.29. The number of carbonyl (C=O) groups is 3. The Morgan fingerprint density at radius 3 is 2.16 bits per heavy atom. The van der Waals surface area contributed by atoms with Crippen molar-refractivity contribution in [1.82, 2.24) is 10.2 Å². The maximum atomic E-state index is 12.7. The van der Waals surface area contributed by atoms with Gasteiger partial charge in [0.1, 0.15) is 0 Å². The zero-order valence-electron chi connectivity index (χ0n) is 17.4. The first-order chi connectivity index (χ1) is 14.9. The van der Waals surface area contributed by atoms with E-state index in [1.807, 2.05) is 36.4 Å². The van der Waals surface area contributed by atoms with E-state index in [4.69, 9.17) is 11.6 Å². The Morgan fingerprint density at radius 2 is 1.55 bits per heavy atom. The molecular weight excluding hydrogens is 416 g/mol. The number of hydrogen-bond donors (Lipinski definition) is 1. The van der Waals surface area contributed by atoms with Gasteiger partial charge in [-0.3, -0.25) is 9.59 Å². The highest BCUT2D eigenvalue weighted by molar-refractivity contribution is 6.30. The second kappa shape index (κ2) is 8.98. The number of nitrogens with zero attached hydrogens (tertiary/aromatic N) is 3. The van der Waals surface area contributed by atoms with E-state index in [-0.39, 0.29) is 30.2 Å². The van der Waals surface area contributed by atoms with E-state index in [1.54, 1.807) is 28.9 Å². The van der Waals surface area contributed by atoms with E-state index >= 15 is 0 Å². The average molecular weight is 441 g/mol. The van der Waals surface area contributed by atoms with Gasteiger partial charge in [-0.15, -0.1) is 0 Å². The highest BCUT2D eigenvalue weighted by atomic mass is 35.5. The van der Waals surface area contributed by atoms with Gasteiger partial charge < -0.3 is 20.0 Å². The molecule has 0 bridgehead atoms. The molecule has 0 aliphatic carbocycles. The molecule has 2 heterocycles. The van der Waals surface area contributed by atoms with Gasteiger partial charge in [0.15, 0.2) is 5.78 Å². The lowest BCUT2D eigenvalue weighted by Crippen LogP contribution is -2.53. The van der Waals surface area contributed by atoms with Gasteiger partial charge in [0.2, 0.25) is 5.91 Å². The minimum absolute atomic E-state index is 0.00792. The second-order valence-corrected chi connectivity index (χ2v) is 8.34. The van der Waals surface area contributed by atoms with Crippen LogP contribution in [0.3, 0.4) is 0 Å². The minimum Gasteiger partial charge on any atom is -0.368 e. The molecule has 2 aliphatic heterocycles. The average Bonchev–Trinajstić information content (AvgIpc) is 3.14. The molecule has 1 N–H and O–H groups in total. The van der Waals surface area contributed by atoms with Crippen molar-refractivity contribution in [2.45, 2.75) is 19.4 Å². The molecule has 31 heavy (non-hydrogen) atoms. The molecule has 2 aromatic rings. The molecule has 2 aromatic carbocycles. The molecule has 7 nitrogen and oxygen atoms in total. The van der Waals surface area contributed by atoms with Crippen LogP contribution in [0, 0.1) is 0 Å². The molecule has 8 heteroatoms. The molecule has 162 valence electrons. The number of urea groups is 1. The van der Waals surface area contributed by atoms with Crippen LogP contribution in [0.15, 0.2) is 48.5 Å². The molecule has 0 unspecified atom stereocenters. The van der Waals surface area contributed by atoms with Crippen LogP contribution in [-0.4, -0.2) is 61.4 Å². The van der Waals surface area contributed by atoms with Gasteiger partial charge in [0.25, 0.3) is 0 Å². The quantitative estimate of drug-likeness (QED) is 0.741. The van der Waals surface area contributed by atoms with Gasteiger partial charge in [-0.05, 0) is 55.5 Å². The lowest BCUT2D eigenvalue weighted by molar-refractivity contribution is -0.117. The molecular formula is C23H25ClN4O3. The Morgan fingerprint density at radius 1 is 0.935 bits per heavy atom. The number of amides is 3. The van der Waals surface area contributed by atoms with Gasteiger partial charge in [0, 0.05) is 61.1 Å². The summed E-state index contributed by atoms with van der Waals surface area (Å²) in [6.07, 6.45) is 0.289. The van der Waals surface area contributed by atoms with Crippen LogP contribution in [0.2, 0.25) is 5.02 Å². The first-order valence-corrected chi connectivity index (χ1v) is 10.8. The number of nitrogens with one attached hydrogen (secondary N) is 1. The van der Waals surface area contributed by atoms with E-state index in [1.165, 1.54) is 0 Å². The lowest BCUT2D eigenvalue weighted by atomic mass is 10.1. The topological polar surface area (TPSA) is 73.0 Å². The number of carbonyl (C=O) groups excluding carboxylic acids is 3. The fourth-order valence-corrected chi connectivity index (χ4v) is 4.14. The Hall–Kier alpha value is -3.06. The van der Waals surface area contributed by atoms with Gasteiger partial charge >= 0.3 is 6.03 Å². The molecule has 0 radical (unpaired) electrons. The van der Waals surface area contributed by atoms with Gasteiger partial charge in [-0.1, -0.05) is 11.6 Å². The minimum atomic E-state index is -0.215. The van der Waals surface area contributed by atoms with Crippen LogP contribution >= 0.6 is 11.6 Å². The Bertz CT molecular complexity index is 969. The van der Waals surface area contributed by atoms with E-state index in [0.717, 1.165) is 11.4 Å². The number of rotatable bonds is 4. The predicted octanol–water partition coefficient (Wildman–Crippen LogP) is 3.18. The highest BCUT2D eigenvalue weighted by Crippen LogP contribution is 2.24. The van der Waals surface area contributed by atoms with Crippen LogP contribution in [0.1, 0.15) is 23.7 Å². The van der Waals surface area contributed by atoms with Crippen molar-refractivity contribution in [2.24, 2.45) is 0 Å². The van der Waals surface area contributed by atoms with E-state index in [0.29, 0.717) is 43.3 Å². The highest BCUT2D eigenvalue weighted by Gasteiger charge is 2.33. The van der Waals surface area contributed by atoms with Crippen LogP contribution < -0.4 is 15.1 Å². The number of anilines is 2. The molecule has 4 rings (SSSR count). The number of ketones is 1. The molecule has 0 spiro atoms. The number of hydrogen-bond acceptors (Lipinski definition) is 4. The molecule has 2 fully saturated rings. The molecule has 2 saturated heterocycles. The standard InChI is InChI=1S/C23H25ClN4O3/c1-16(29)17-2-6-20(7-3-17)26-10-12-27(13-11-26)23(31)25-19-14-22(30)28(15-19)21-8-4-18(24)5-9-21/h2-9,19H,10-15H2,1H3,(H,25,31)/t19-/m1/s1. The molecule has 3 amide bonds. The third-order valence-electron chi connectivity index (χ3n) is 5.80. The summed E-state index contributed by atoms with van der Waals surface area (Å²) in [6.45, 7) is 4.64. The maximum Gasteiger partial charge on any atom is 0.317 e. The first kappa shape index (κ1) is 21.2. The van der Waals surface area contributed by atoms with Crippen molar-refractivity contribution in [1.29, 1.82) is 0 Å². The molecule has 1 atom stereocenters. The van der Waals surface area contributed by atoms with Gasteiger partial charge in [-0.25, -0.2) is 4.79 Å². The van der Waals surface area contributed by atoms with E-state index in [2.05, 4.69) is 10.2 Å². The predicted molar refractivity (Wildman–Crippen MR) is 121 cm³/mol. The molecule has 2 aliphatic rings. The summed E-state index contributed by atoms with van der Waals surface area (Å²) in [6, 6.07) is 14.3. The SMILES string of the molecule is CC(=O)c1ccc(N2CCN(C(=O)N[C@@H]3CC(=O)N(c4ccc(Cl)cc4)C3)CC2)cc1. The van der Waals surface area contributed by atoms with Crippen LogP contribution in [0.25, 0.3) is 0 Å². The number of benzene rings is 2. The van der Waals surface area contributed by atoms with Crippen LogP contribution in [0.5, 0.6) is 0 Å². The molecule has 0 aromatic heterocycles. The second-order valence-electron chi connectivity index (χ2n) is 7.91. The first-order valence-electron chi connectivity index (χ1n) is 10.4. The Kier molecular flexibility index (Phi) is 6.13. The number of halogens is 1. The monoisotopic (exact) mass is 440 g/mol. The van der Waals surface area contributed by atoms with Crippen LogP contribution in [-0.2, 0) is 4.79 Å². The van der Waals surface area contributed by atoms with Gasteiger partial charge in [0.05, 0.1) is 6.04 Å². The zero-order valence-corrected chi connectivity index (χ0v) is 18.1. The maximum absolute atomic E-state index is 12.7.